The van der Waals surface area contributed by atoms with Gasteiger partial charge in [0.05, 0.1) is 0 Å². The third kappa shape index (κ3) is 2.43. The van der Waals surface area contributed by atoms with Gasteiger partial charge < -0.3 is 0 Å². The highest BCUT2D eigenvalue weighted by Gasteiger charge is 2.07. The zero-order chi connectivity index (χ0) is 14.9. The van der Waals surface area contributed by atoms with Crippen LogP contribution in [0.15, 0.2) is 87.4 Å². The summed E-state index contributed by atoms with van der Waals surface area (Å²) < 4.78 is 2.09. The van der Waals surface area contributed by atoms with Crippen molar-refractivity contribution in [3.63, 3.8) is 0 Å². The summed E-state index contributed by atoms with van der Waals surface area (Å²) in [7, 11) is 0. The van der Waals surface area contributed by atoms with Crippen molar-refractivity contribution in [2.45, 2.75) is 9.79 Å². The molecule has 1 aromatic heterocycles. The van der Waals surface area contributed by atoms with E-state index in [-0.39, 0.29) is 5.43 Å². The van der Waals surface area contributed by atoms with Crippen molar-refractivity contribution in [2.75, 3.05) is 0 Å². The van der Waals surface area contributed by atoms with E-state index in [0.29, 0.717) is 0 Å². The number of benzene rings is 3. The fraction of sp³-hybridized carbons (Fsp3) is 0. The van der Waals surface area contributed by atoms with Crippen LogP contribution in [-0.4, -0.2) is 0 Å². The maximum atomic E-state index is 12.7. The predicted octanol–water partition coefficient (Wildman–Crippen LogP) is 5.57. The Kier molecular flexibility index (Phi) is 3.45. The summed E-state index contributed by atoms with van der Waals surface area (Å²) in [4.78, 5) is 15.0. The molecule has 4 rings (SSSR count). The average molecular weight is 320 g/mol. The molecule has 1 nitrogen and oxygen atoms in total. The molecular formula is C19H12OS2. The Bertz CT molecular complexity index is 1020. The maximum Gasteiger partial charge on any atom is 0.195 e. The molecule has 4 aromatic rings. The van der Waals surface area contributed by atoms with Crippen molar-refractivity contribution in [1.29, 1.82) is 0 Å². The molecule has 3 heteroatoms. The molecule has 0 unspecified atom stereocenters. The van der Waals surface area contributed by atoms with E-state index in [1.807, 2.05) is 48.5 Å². The fourth-order valence-corrected chi connectivity index (χ4v) is 4.40. The molecule has 0 saturated carbocycles. The van der Waals surface area contributed by atoms with Crippen molar-refractivity contribution < 1.29 is 0 Å². The van der Waals surface area contributed by atoms with Crippen molar-refractivity contribution in [3.8, 4) is 0 Å². The van der Waals surface area contributed by atoms with Crippen LogP contribution in [-0.2, 0) is 0 Å². The van der Waals surface area contributed by atoms with Gasteiger partial charge in [-0.2, -0.15) is 0 Å². The highest BCUT2D eigenvalue weighted by atomic mass is 32.2. The van der Waals surface area contributed by atoms with Crippen LogP contribution >= 0.6 is 23.1 Å². The minimum atomic E-state index is 0.125. The number of hydrogen-bond acceptors (Lipinski definition) is 3. The van der Waals surface area contributed by atoms with Crippen LogP contribution in [0, 0.1) is 0 Å². The smallest absolute Gasteiger partial charge is 0.195 e. The lowest BCUT2D eigenvalue weighted by Gasteiger charge is -2.04. The van der Waals surface area contributed by atoms with E-state index >= 15 is 0 Å². The van der Waals surface area contributed by atoms with Gasteiger partial charge in [-0.15, -0.1) is 11.3 Å². The quantitative estimate of drug-likeness (QED) is 0.449. The normalized spacial score (nSPS) is 11.1. The minimum absolute atomic E-state index is 0.125. The molecule has 0 saturated heterocycles. The second kappa shape index (κ2) is 5.59. The van der Waals surface area contributed by atoms with E-state index in [1.165, 1.54) is 4.90 Å². The average Bonchev–Trinajstić information content (AvgIpc) is 2.57. The van der Waals surface area contributed by atoms with Crippen LogP contribution < -0.4 is 5.43 Å². The molecule has 0 amide bonds. The van der Waals surface area contributed by atoms with Gasteiger partial charge in [0, 0.05) is 30.0 Å². The van der Waals surface area contributed by atoms with Gasteiger partial charge in [-0.05, 0) is 42.5 Å². The van der Waals surface area contributed by atoms with E-state index in [4.69, 9.17) is 0 Å². The Morgan fingerprint density at radius 1 is 0.682 bits per heavy atom. The Balaban J connectivity index is 1.88. The zero-order valence-corrected chi connectivity index (χ0v) is 13.3. The first-order chi connectivity index (χ1) is 10.8. The minimum Gasteiger partial charge on any atom is -0.289 e. The van der Waals surface area contributed by atoms with E-state index < -0.39 is 0 Å². The topological polar surface area (TPSA) is 17.1 Å². The molecule has 3 aromatic carbocycles. The zero-order valence-electron chi connectivity index (χ0n) is 11.7. The summed E-state index contributed by atoms with van der Waals surface area (Å²) in [5.74, 6) is 0. The molecule has 106 valence electrons. The Hall–Kier alpha value is -2.10. The monoisotopic (exact) mass is 320 g/mol. The summed E-state index contributed by atoms with van der Waals surface area (Å²) in [6, 6.07) is 24.2. The van der Waals surface area contributed by atoms with Gasteiger partial charge in [0.15, 0.2) is 5.43 Å². The van der Waals surface area contributed by atoms with Crippen molar-refractivity contribution in [2.24, 2.45) is 0 Å². The lowest BCUT2D eigenvalue weighted by atomic mass is 10.2. The first-order valence-corrected chi connectivity index (χ1v) is 8.63. The standard InChI is InChI=1S/C19H12OS2/c20-19-15-8-4-5-9-17(15)22-18-11-10-14(12-16(18)19)21-13-6-2-1-3-7-13/h1-12H. The number of fused-ring (bicyclic) bond motifs is 2. The second-order valence-electron chi connectivity index (χ2n) is 5.00. The van der Waals surface area contributed by atoms with Gasteiger partial charge >= 0.3 is 0 Å². The summed E-state index contributed by atoms with van der Waals surface area (Å²) in [5.41, 5.74) is 0.125. The Morgan fingerprint density at radius 3 is 2.27 bits per heavy atom. The molecule has 0 radical (unpaired) electrons. The first-order valence-electron chi connectivity index (χ1n) is 7.00. The van der Waals surface area contributed by atoms with Crippen molar-refractivity contribution in [1.82, 2.24) is 0 Å². The fourth-order valence-electron chi connectivity index (χ4n) is 2.47. The van der Waals surface area contributed by atoms with Crippen LogP contribution in [0.2, 0.25) is 0 Å². The second-order valence-corrected chi connectivity index (χ2v) is 7.23. The highest BCUT2D eigenvalue weighted by molar-refractivity contribution is 7.99. The molecule has 0 N–H and O–H groups in total. The van der Waals surface area contributed by atoms with Gasteiger partial charge in [0.25, 0.3) is 0 Å². The Morgan fingerprint density at radius 2 is 1.41 bits per heavy atom. The van der Waals surface area contributed by atoms with E-state index in [2.05, 4.69) is 24.3 Å². The van der Waals surface area contributed by atoms with Crippen LogP contribution in [0.4, 0.5) is 0 Å². The summed E-state index contributed by atoms with van der Waals surface area (Å²) in [6.45, 7) is 0. The van der Waals surface area contributed by atoms with Crippen LogP contribution in [0.1, 0.15) is 0 Å². The highest BCUT2D eigenvalue weighted by Crippen LogP contribution is 2.31. The summed E-state index contributed by atoms with van der Waals surface area (Å²) >= 11 is 3.35. The SMILES string of the molecule is O=c1c2ccccc2sc2ccc(Sc3ccccc3)cc12. The predicted molar refractivity (Wildman–Crippen MR) is 96.2 cm³/mol. The molecule has 0 bridgehead atoms. The maximum absolute atomic E-state index is 12.7. The van der Waals surface area contributed by atoms with Crippen molar-refractivity contribution in [3.05, 3.63) is 83.0 Å². The molecule has 0 aliphatic rings. The molecule has 22 heavy (non-hydrogen) atoms. The lowest BCUT2D eigenvalue weighted by Crippen LogP contribution is -2.00. The van der Waals surface area contributed by atoms with Crippen LogP contribution in [0.5, 0.6) is 0 Å². The number of hydrogen-bond donors (Lipinski definition) is 0. The van der Waals surface area contributed by atoms with E-state index in [0.717, 1.165) is 25.1 Å². The summed E-state index contributed by atoms with van der Waals surface area (Å²) in [6.07, 6.45) is 0. The van der Waals surface area contributed by atoms with Gasteiger partial charge in [-0.1, -0.05) is 42.1 Å². The molecule has 0 spiro atoms. The molecule has 0 aliphatic heterocycles. The van der Waals surface area contributed by atoms with Gasteiger partial charge in [0.2, 0.25) is 0 Å². The third-order valence-electron chi connectivity index (χ3n) is 3.53. The first kappa shape index (κ1) is 13.6. The largest absolute Gasteiger partial charge is 0.289 e. The summed E-state index contributed by atoms with van der Waals surface area (Å²) in [5, 5.41) is 1.62. The van der Waals surface area contributed by atoms with Crippen LogP contribution in [0.3, 0.4) is 0 Å². The molecule has 1 heterocycles. The molecule has 0 aliphatic carbocycles. The molecular weight excluding hydrogens is 308 g/mol. The molecule has 0 atom stereocenters. The molecule has 0 fully saturated rings. The number of rotatable bonds is 2. The lowest BCUT2D eigenvalue weighted by molar-refractivity contribution is 1.42. The Labute approximate surface area is 136 Å². The van der Waals surface area contributed by atoms with E-state index in [9.17, 15) is 4.79 Å². The van der Waals surface area contributed by atoms with Gasteiger partial charge in [-0.3, -0.25) is 4.79 Å². The van der Waals surface area contributed by atoms with E-state index in [1.54, 1.807) is 23.1 Å². The third-order valence-corrected chi connectivity index (χ3v) is 5.68. The van der Waals surface area contributed by atoms with Crippen LogP contribution in [0.25, 0.3) is 20.2 Å². The van der Waals surface area contributed by atoms with Crippen molar-refractivity contribution >= 4 is 43.3 Å². The van der Waals surface area contributed by atoms with Gasteiger partial charge in [0.1, 0.15) is 0 Å². The van der Waals surface area contributed by atoms with Gasteiger partial charge in [-0.25, -0.2) is 0 Å².